The van der Waals surface area contributed by atoms with Crippen LogP contribution in [-0.4, -0.2) is 44.0 Å². The Hall–Kier alpha value is -5.58. The van der Waals surface area contributed by atoms with E-state index in [1.807, 2.05) is 44.2 Å². The number of para-hydroxylation sites is 2. The van der Waals surface area contributed by atoms with Crippen molar-refractivity contribution in [1.29, 1.82) is 0 Å². The van der Waals surface area contributed by atoms with Crippen molar-refractivity contribution in [2.45, 2.75) is 51.5 Å². The molecule has 0 saturated heterocycles. The summed E-state index contributed by atoms with van der Waals surface area (Å²) >= 11 is 0. The number of anilines is 1. The predicted molar refractivity (Wildman–Crippen MR) is 189 cm³/mol. The van der Waals surface area contributed by atoms with Crippen LogP contribution >= 0.6 is 0 Å². The van der Waals surface area contributed by atoms with Crippen LogP contribution < -0.4 is 10.1 Å². The van der Waals surface area contributed by atoms with Crippen molar-refractivity contribution in [3.05, 3.63) is 138 Å². The maximum Gasteiger partial charge on any atom is 0.305 e. The van der Waals surface area contributed by atoms with E-state index in [0.717, 1.165) is 5.56 Å². The van der Waals surface area contributed by atoms with Gasteiger partial charge in [-0.2, -0.15) is 0 Å². The van der Waals surface area contributed by atoms with Gasteiger partial charge >= 0.3 is 5.97 Å². The number of rotatable bonds is 14. The highest BCUT2D eigenvalue weighted by atomic mass is 19.1. The highest BCUT2D eigenvalue weighted by Gasteiger charge is 2.30. The Morgan fingerprint density at radius 2 is 1.40 bits per heavy atom. The molecule has 0 fully saturated rings. The van der Waals surface area contributed by atoms with Crippen LogP contribution in [0, 0.1) is 11.6 Å². The predicted octanol–water partition coefficient (Wildman–Crippen LogP) is 8.11. The van der Waals surface area contributed by atoms with Gasteiger partial charge in [-0.3, -0.25) is 9.59 Å². The summed E-state index contributed by atoms with van der Waals surface area (Å²) in [6.07, 6.45) is -0.298. The molecule has 0 radical (unpaired) electrons. The van der Waals surface area contributed by atoms with Crippen molar-refractivity contribution in [2.75, 3.05) is 5.32 Å². The summed E-state index contributed by atoms with van der Waals surface area (Å²) in [6.45, 7) is 4.02. The minimum absolute atomic E-state index is 0.212. The minimum Gasteiger partial charge on any atom is -0.487 e. The Kier molecular flexibility index (Phi) is 11.6. The quantitative estimate of drug-likeness (QED) is 0.0941. The summed E-state index contributed by atoms with van der Waals surface area (Å²) in [4.78, 5) is 25.7. The van der Waals surface area contributed by atoms with Gasteiger partial charge < -0.3 is 29.9 Å². The van der Waals surface area contributed by atoms with E-state index in [0.29, 0.717) is 39.4 Å². The zero-order chi connectivity index (χ0) is 35.8. The Bertz CT molecular complexity index is 1950. The molecule has 0 bridgehead atoms. The Morgan fingerprint density at radius 3 is 2.00 bits per heavy atom. The fraction of sp³-hybridized carbons (Fsp3) is 0.200. The maximum absolute atomic E-state index is 14.6. The van der Waals surface area contributed by atoms with Crippen LogP contribution in [0.2, 0.25) is 0 Å². The molecule has 0 unspecified atom stereocenters. The van der Waals surface area contributed by atoms with Gasteiger partial charge in [0.25, 0.3) is 5.91 Å². The van der Waals surface area contributed by atoms with Gasteiger partial charge in [-0.15, -0.1) is 0 Å². The zero-order valence-corrected chi connectivity index (χ0v) is 27.6. The van der Waals surface area contributed by atoms with Gasteiger partial charge in [0, 0.05) is 29.3 Å². The molecule has 0 saturated carbocycles. The topological polar surface area (TPSA) is 121 Å². The van der Waals surface area contributed by atoms with E-state index in [2.05, 4.69) is 5.32 Å². The van der Waals surface area contributed by atoms with Crippen LogP contribution in [-0.2, 0) is 11.4 Å². The average Bonchev–Trinajstić information content (AvgIpc) is 3.43. The van der Waals surface area contributed by atoms with E-state index < -0.39 is 42.1 Å². The zero-order valence-electron chi connectivity index (χ0n) is 27.6. The van der Waals surface area contributed by atoms with Crippen LogP contribution in [0.15, 0.2) is 109 Å². The van der Waals surface area contributed by atoms with Crippen molar-refractivity contribution in [2.24, 2.45) is 0 Å². The molecule has 5 rings (SSSR count). The molecule has 50 heavy (non-hydrogen) atoms. The number of aromatic nitrogens is 1. The van der Waals surface area contributed by atoms with Gasteiger partial charge in [-0.25, -0.2) is 8.78 Å². The number of carbonyl (C=O) groups excluding carboxylic acids is 1. The third-order valence-electron chi connectivity index (χ3n) is 8.01. The molecular weight excluding hydrogens is 642 g/mol. The lowest BCUT2D eigenvalue weighted by atomic mass is 9.94. The standard InChI is InChI=1S/C40H38F2N2O6/c1-25(2)44-34(21-20-31(45)22-32(46)23-36(47)48)37(27-12-16-29(41)17-13-27)38(28-14-18-30(42)19-15-28)39(44)40(49)43-33-10-6-7-11-35(33)50-24-26-8-4-3-5-9-26/h3-21,25,31-32,45-46H,22-24H2,1-2H3,(H,43,49)(H,47,48)/b21-20+/t31-,32-/m1/s1. The van der Waals surface area contributed by atoms with Crippen molar-refractivity contribution < 1.29 is 38.4 Å². The molecule has 8 nitrogen and oxygen atoms in total. The van der Waals surface area contributed by atoms with E-state index in [1.165, 1.54) is 30.3 Å². The van der Waals surface area contributed by atoms with Crippen LogP contribution in [0.5, 0.6) is 5.75 Å². The highest BCUT2D eigenvalue weighted by molar-refractivity contribution is 6.12. The first-order valence-corrected chi connectivity index (χ1v) is 16.1. The van der Waals surface area contributed by atoms with Gasteiger partial charge in [0.05, 0.1) is 24.3 Å². The average molecular weight is 681 g/mol. The Morgan fingerprint density at radius 1 is 0.820 bits per heavy atom. The van der Waals surface area contributed by atoms with Crippen molar-refractivity contribution in [1.82, 2.24) is 4.57 Å². The number of nitrogens with one attached hydrogen (secondary N) is 1. The van der Waals surface area contributed by atoms with Crippen molar-refractivity contribution in [3.63, 3.8) is 0 Å². The molecule has 258 valence electrons. The van der Waals surface area contributed by atoms with Crippen LogP contribution in [0.3, 0.4) is 0 Å². The smallest absolute Gasteiger partial charge is 0.305 e. The first kappa shape index (κ1) is 35.7. The second-order valence-electron chi connectivity index (χ2n) is 12.1. The molecule has 2 atom stereocenters. The normalized spacial score (nSPS) is 12.6. The number of nitrogens with zero attached hydrogens (tertiary/aromatic N) is 1. The second kappa shape index (κ2) is 16.2. The van der Waals surface area contributed by atoms with Crippen LogP contribution in [0.1, 0.15) is 54.5 Å². The number of amides is 1. The summed E-state index contributed by atoms with van der Waals surface area (Å²) in [7, 11) is 0. The van der Waals surface area contributed by atoms with Crippen LogP contribution in [0.25, 0.3) is 28.3 Å². The Labute approximate surface area is 288 Å². The molecule has 0 aliphatic heterocycles. The lowest BCUT2D eigenvalue weighted by Crippen LogP contribution is -2.20. The number of carbonyl (C=O) groups is 2. The highest BCUT2D eigenvalue weighted by Crippen LogP contribution is 2.43. The summed E-state index contributed by atoms with van der Waals surface area (Å²) in [6, 6.07) is 27.7. The maximum atomic E-state index is 14.6. The molecule has 0 aliphatic rings. The van der Waals surface area contributed by atoms with Gasteiger partial charge in [-0.1, -0.05) is 72.8 Å². The summed E-state index contributed by atoms with van der Waals surface area (Å²) in [5, 5.41) is 33.0. The molecule has 4 N–H and O–H groups in total. The number of aliphatic carboxylic acids is 1. The third-order valence-corrected chi connectivity index (χ3v) is 8.01. The number of ether oxygens (including phenoxy) is 1. The van der Waals surface area contributed by atoms with Gasteiger partial charge in [-0.05, 0) is 73.0 Å². The molecule has 10 heteroatoms. The van der Waals surface area contributed by atoms with E-state index in [4.69, 9.17) is 9.84 Å². The molecule has 5 aromatic rings. The number of benzene rings is 4. The summed E-state index contributed by atoms with van der Waals surface area (Å²) < 4.78 is 36.3. The first-order valence-electron chi connectivity index (χ1n) is 16.1. The van der Waals surface area contributed by atoms with Crippen molar-refractivity contribution in [3.8, 4) is 28.0 Å². The number of hydrogen-bond acceptors (Lipinski definition) is 5. The minimum atomic E-state index is -1.29. The van der Waals surface area contributed by atoms with Crippen LogP contribution in [0.4, 0.5) is 14.5 Å². The Balaban J connectivity index is 1.67. The first-order chi connectivity index (χ1) is 24.0. The molecule has 1 aromatic heterocycles. The molecule has 4 aromatic carbocycles. The molecule has 0 aliphatic carbocycles. The van der Waals surface area contributed by atoms with E-state index >= 15 is 0 Å². The lowest BCUT2D eigenvalue weighted by molar-refractivity contribution is -0.139. The SMILES string of the molecule is CC(C)n1c(/C=C/[C@@H](O)C[C@@H](O)CC(=O)O)c(-c2ccc(F)cc2)c(-c2ccc(F)cc2)c1C(=O)Nc1ccccc1OCc1ccccc1. The largest absolute Gasteiger partial charge is 0.487 e. The number of aliphatic hydroxyl groups excluding tert-OH is 2. The number of aliphatic hydroxyl groups is 2. The fourth-order valence-corrected chi connectivity index (χ4v) is 5.79. The monoisotopic (exact) mass is 680 g/mol. The molecule has 1 heterocycles. The number of hydrogen-bond donors (Lipinski definition) is 4. The van der Waals surface area contributed by atoms with E-state index in [-0.39, 0.29) is 24.8 Å². The van der Waals surface area contributed by atoms with E-state index in [9.17, 15) is 28.6 Å². The molecule has 0 spiro atoms. The number of halogens is 2. The van der Waals surface area contributed by atoms with E-state index in [1.54, 1.807) is 59.2 Å². The van der Waals surface area contributed by atoms with Gasteiger partial charge in [0.15, 0.2) is 0 Å². The third kappa shape index (κ3) is 8.71. The number of carboxylic acid groups (broad SMARTS) is 1. The molecular formula is C40H38F2N2O6. The molecule has 1 amide bonds. The van der Waals surface area contributed by atoms with Gasteiger partial charge in [0.2, 0.25) is 0 Å². The van der Waals surface area contributed by atoms with Gasteiger partial charge in [0.1, 0.15) is 29.7 Å². The second-order valence-corrected chi connectivity index (χ2v) is 12.1. The number of carboxylic acids is 1. The lowest BCUT2D eigenvalue weighted by Gasteiger charge is -2.18. The fourth-order valence-electron chi connectivity index (χ4n) is 5.79. The summed E-state index contributed by atoms with van der Waals surface area (Å²) in [5.41, 5.74) is 4.04. The summed E-state index contributed by atoms with van der Waals surface area (Å²) in [5.74, 6) is -2.20. The van der Waals surface area contributed by atoms with Crippen molar-refractivity contribution >= 4 is 23.6 Å².